The van der Waals surface area contributed by atoms with Gasteiger partial charge in [0, 0.05) is 6.54 Å². The Bertz CT molecular complexity index is 869. The number of alkyl carbamates (subject to hydrolysis) is 1. The van der Waals surface area contributed by atoms with Gasteiger partial charge in [0.1, 0.15) is 18.7 Å². The zero-order valence-corrected chi connectivity index (χ0v) is 15.6. The number of carbonyl (C=O) groups excluding carboxylic acids is 3. The van der Waals surface area contributed by atoms with E-state index in [9.17, 15) is 14.4 Å². The molecular weight excluding hydrogens is 358 g/mol. The van der Waals surface area contributed by atoms with E-state index in [2.05, 4.69) is 5.32 Å². The van der Waals surface area contributed by atoms with Crippen LogP contribution in [0, 0.1) is 0 Å². The second-order valence-corrected chi connectivity index (χ2v) is 6.71. The maximum absolute atomic E-state index is 12.9. The molecule has 0 saturated heterocycles. The predicted molar refractivity (Wildman–Crippen MR) is 103 cm³/mol. The molecule has 1 heterocycles. The highest BCUT2D eigenvalue weighted by molar-refractivity contribution is 5.91. The van der Waals surface area contributed by atoms with Crippen LogP contribution in [0.2, 0.25) is 0 Å². The average molecular weight is 381 g/mol. The molecule has 1 aliphatic heterocycles. The summed E-state index contributed by atoms with van der Waals surface area (Å²) in [6.45, 7) is 2.02. The second kappa shape index (κ2) is 8.56. The maximum Gasteiger partial charge on any atom is 0.408 e. The summed E-state index contributed by atoms with van der Waals surface area (Å²) < 4.78 is 5.15. The van der Waals surface area contributed by atoms with Gasteiger partial charge < -0.3 is 20.7 Å². The van der Waals surface area contributed by atoms with Crippen LogP contribution in [0.3, 0.4) is 0 Å². The van der Waals surface area contributed by atoms with E-state index in [1.165, 1.54) is 4.90 Å². The number of fused-ring (bicyclic) bond motifs is 1. The van der Waals surface area contributed by atoms with E-state index < -0.39 is 24.1 Å². The third kappa shape index (κ3) is 4.31. The number of carbonyl (C=O) groups is 3. The molecule has 2 aromatic rings. The summed E-state index contributed by atoms with van der Waals surface area (Å²) in [7, 11) is 0. The highest BCUT2D eigenvalue weighted by Crippen LogP contribution is 2.29. The summed E-state index contributed by atoms with van der Waals surface area (Å²) in [5.41, 5.74) is 8.15. The molecule has 2 atom stereocenters. The Hall–Kier alpha value is -3.35. The van der Waals surface area contributed by atoms with Gasteiger partial charge in [-0.05, 0) is 30.0 Å². The number of nitrogens with zero attached hydrogens (tertiary/aromatic N) is 1. The molecule has 7 heteroatoms. The van der Waals surface area contributed by atoms with E-state index in [4.69, 9.17) is 10.5 Å². The number of rotatable bonds is 5. The molecule has 0 bridgehead atoms. The fourth-order valence-corrected chi connectivity index (χ4v) is 3.36. The number of hydrogen-bond acceptors (Lipinski definition) is 4. The lowest BCUT2D eigenvalue weighted by molar-refractivity contribution is -0.141. The molecular formula is C21H23N3O4. The van der Waals surface area contributed by atoms with E-state index in [1.54, 1.807) is 13.0 Å². The monoisotopic (exact) mass is 381 g/mol. The lowest BCUT2D eigenvalue weighted by Gasteiger charge is -2.36. The summed E-state index contributed by atoms with van der Waals surface area (Å²) >= 11 is 0. The van der Waals surface area contributed by atoms with Crippen LogP contribution >= 0.6 is 0 Å². The fraction of sp³-hybridized carbons (Fsp3) is 0.286. The van der Waals surface area contributed by atoms with Crippen molar-refractivity contribution in [2.24, 2.45) is 5.73 Å². The van der Waals surface area contributed by atoms with Crippen LogP contribution in [0.25, 0.3) is 0 Å². The normalized spacial score (nSPS) is 16.6. The van der Waals surface area contributed by atoms with Crippen LogP contribution < -0.4 is 11.1 Å². The van der Waals surface area contributed by atoms with Crippen molar-refractivity contribution in [2.45, 2.75) is 32.0 Å². The van der Waals surface area contributed by atoms with Gasteiger partial charge in [0.2, 0.25) is 11.8 Å². The number of hydrogen-bond donors (Lipinski definition) is 2. The SMILES string of the molecule is C[C@H](NC(=O)OCc1ccccc1)C(=O)N1CCc2ccccc2[C@H]1C(N)=O. The van der Waals surface area contributed by atoms with Crippen molar-refractivity contribution in [3.8, 4) is 0 Å². The van der Waals surface area contributed by atoms with Crippen molar-refractivity contribution < 1.29 is 19.1 Å². The molecule has 0 spiro atoms. The third-order valence-electron chi connectivity index (χ3n) is 4.75. The Morgan fingerprint density at radius 3 is 2.54 bits per heavy atom. The number of benzene rings is 2. The number of nitrogens with two attached hydrogens (primary N) is 1. The van der Waals surface area contributed by atoms with Gasteiger partial charge in [0.15, 0.2) is 0 Å². The molecule has 3 amide bonds. The summed E-state index contributed by atoms with van der Waals surface area (Å²) in [5, 5.41) is 2.53. The quantitative estimate of drug-likeness (QED) is 0.826. The summed E-state index contributed by atoms with van der Waals surface area (Å²) in [4.78, 5) is 38.4. The zero-order valence-electron chi connectivity index (χ0n) is 15.6. The third-order valence-corrected chi connectivity index (χ3v) is 4.75. The van der Waals surface area contributed by atoms with E-state index >= 15 is 0 Å². The second-order valence-electron chi connectivity index (χ2n) is 6.71. The van der Waals surface area contributed by atoms with Gasteiger partial charge >= 0.3 is 6.09 Å². The van der Waals surface area contributed by atoms with E-state index in [0.29, 0.717) is 13.0 Å². The molecule has 7 nitrogen and oxygen atoms in total. The fourth-order valence-electron chi connectivity index (χ4n) is 3.36. The van der Waals surface area contributed by atoms with Gasteiger partial charge in [-0.1, -0.05) is 54.6 Å². The van der Waals surface area contributed by atoms with Crippen LogP contribution in [0.15, 0.2) is 54.6 Å². The summed E-state index contributed by atoms with van der Waals surface area (Å²) in [6, 6.07) is 15.0. The lowest BCUT2D eigenvalue weighted by atomic mass is 9.91. The highest BCUT2D eigenvalue weighted by Gasteiger charge is 2.36. The predicted octanol–water partition coefficient (Wildman–Crippen LogP) is 1.91. The largest absolute Gasteiger partial charge is 0.445 e. The van der Waals surface area contributed by atoms with Gasteiger partial charge in [-0.25, -0.2) is 4.79 Å². The molecule has 0 radical (unpaired) electrons. The molecule has 0 unspecified atom stereocenters. The summed E-state index contributed by atoms with van der Waals surface area (Å²) in [6.07, 6.45) is -0.0746. The van der Waals surface area contributed by atoms with Crippen molar-refractivity contribution in [1.82, 2.24) is 10.2 Å². The Labute approximate surface area is 163 Å². The van der Waals surface area contributed by atoms with Crippen LogP contribution in [0.5, 0.6) is 0 Å². The standard InChI is InChI=1S/C21H23N3O4/c1-14(23-21(27)28-13-15-7-3-2-4-8-15)20(26)24-12-11-16-9-5-6-10-17(16)18(24)19(22)25/h2-10,14,18H,11-13H2,1H3,(H2,22,25)(H,23,27)/t14-,18-/m0/s1. The van der Waals surface area contributed by atoms with E-state index in [1.807, 2.05) is 48.5 Å². The first-order chi connectivity index (χ1) is 13.5. The van der Waals surface area contributed by atoms with Gasteiger partial charge in [-0.15, -0.1) is 0 Å². The summed E-state index contributed by atoms with van der Waals surface area (Å²) in [5.74, 6) is -0.977. The highest BCUT2D eigenvalue weighted by atomic mass is 16.5. The molecule has 0 aromatic heterocycles. The molecule has 3 N–H and O–H groups in total. The number of nitrogens with one attached hydrogen (secondary N) is 1. The van der Waals surface area contributed by atoms with Crippen LogP contribution in [-0.2, 0) is 27.4 Å². The Balaban J connectivity index is 1.63. The Morgan fingerprint density at radius 1 is 1.14 bits per heavy atom. The topological polar surface area (TPSA) is 102 Å². The first-order valence-electron chi connectivity index (χ1n) is 9.12. The minimum absolute atomic E-state index is 0.106. The van der Waals surface area contributed by atoms with Crippen LogP contribution in [0.1, 0.15) is 29.7 Å². The number of ether oxygens (including phenoxy) is 1. The van der Waals surface area contributed by atoms with Crippen molar-refractivity contribution in [1.29, 1.82) is 0 Å². The van der Waals surface area contributed by atoms with Crippen LogP contribution in [-0.4, -0.2) is 35.4 Å². The zero-order chi connectivity index (χ0) is 20.1. The molecule has 0 fully saturated rings. The van der Waals surface area contributed by atoms with Gasteiger partial charge in [0.05, 0.1) is 0 Å². The van der Waals surface area contributed by atoms with E-state index in [-0.39, 0.29) is 12.5 Å². The maximum atomic E-state index is 12.9. The first-order valence-corrected chi connectivity index (χ1v) is 9.12. The Kier molecular flexibility index (Phi) is 5.93. The van der Waals surface area contributed by atoms with Crippen molar-refractivity contribution in [2.75, 3.05) is 6.54 Å². The lowest BCUT2D eigenvalue weighted by Crippen LogP contribution is -2.52. The minimum atomic E-state index is -0.851. The van der Waals surface area contributed by atoms with Gasteiger partial charge in [0.25, 0.3) is 0 Å². The minimum Gasteiger partial charge on any atom is -0.445 e. The van der Waals surface area contributed by atoms with Gasteiger partial charge in [-0.3, -0.25) is 9.59 Å². The molecule has 1 aliphatic rings. The molecule has 0 saturated carbocycles. The van der Waals surface area contributed by atoms with Crippen molar-refractivity contribution in [3.63, 3.8) is 0 Å². The average Bonchev–Trinajstić information content (AvgIpc) is 2.71. The molecule has 146 valence electrons. The number of amides is 3. The smallest absolute Gasteiger partial charge is 0.408 e. The Morgan fingerprint density at radius 2 is 1.82 bits per heavy atom. The van der Waals surface area contributed by atoms with E-state index in [0.717, 1.165) is 16.7 Å². The number of primary amides is 1. The molecule has 2 aromatic carbocycles. The molecule has 0 aliphatic carbocycles. The van der Waals surface area contributed by atoms with Crippen molar-refractivity contribution in [3.05, 3.63) is 71.3 Å². The van der Waals surface area contributed by atoms with Crippen LogP contribution in [0.4, 0.5) is 4.79 Å². The molecule has 3 rings (SSSR count). The first kappa shape index (κ1) is 19.4. The molecule has 28 heavy (non-hydrogen) atoms. The van der Waals surface area contributed by atoms with Crippen molar-refractivity contribution >= 4 is 17.9 Å². The van der Waals surface area contributed by atoms with Gasteiger partial charge in [-0.2, -0.15) is 0 Å².